The van der Waals surface area contributed by atoms with Crippen molar-refractivity contribution in [3.63, 3.8) is 0 Å². The molecule has 1 N–H and O–H groups in total. The summed E-state index contributed by atoms with van der Waals surface area (Å²) < 4.78 is 35.6. The number of carbonyl (C=O) groups excluding carboxylic acids is 1. The second-order valence-electron chi connectivity index (χ2n) is 6.95. The quantitative estimate of drug-likeness (QED) is 0.445. The number of halogens is 2. The minimum absolute atomic E-state index is 0.0103. The molecule has 32 heavy (non-hydrogen) atoms. The predicted molar refractivity (Wildman–Crippen MR) is 110 cm³/mol. The number of hydrogen-bond donors (Lipinski definition) is 1. The molecular formula is C22H18F2N4O4. The minimum atomic E-state index is -2.93. The molecule has 3 aromatic rings. The van der Waals surface area contributed by atoms with Crippen LogP contribution in [0.5, 0.6) is 5.75 Å². The predicted octanol–water partition coefficient (Wildman–Crippen LogP) is 3.36. The number of aromatic nitrogens is 2. The molecule has 8 nitrogen and oxygen atoms in total. The van der Waals surface area contributed by atoms with Crippen LogP contribution in [0.1, 0.15) is 16.7 Å². The van der Waals surface area contributed by atoms with Crippen LogP contribution < -0.4 is 10.2 Å². The fourth-order valence-electron chi connectivity index (χ4n) is 3.54. The zero-order chi connectivity index (χ0) is 22.6. The number of rotatable bonds is 7. The maximum Gasteiger partial charge on any atom is 0.387 e. The highest BCUT2D eigenvalue weighted by Gasteiger charge is 2.41. The van der Waals surface area contributed by atoms with E-state index in [0.29, 0.717) is 11.1 Å². The molecule has 4 rings (SSSR count). The molecule has 0 radical (unpaired) electrons. The summed E-state index contributed by atoms with van der Waals surface area (Å²) in [6, 6.07) is 12.4. The molecule has 1 aliphatic rings. The van der Waals surface area contributed by atoms with Crippen molar-refractivity contribution >= 4 is 12.5 Å². The number of ether oxygens (including phenoxy) is 2. The summed E-state index contributed by atoms with van der Waals surface area (Å²) >= 11 is 0. The number of hydroxylamine groups is 1. The smallest absolute Gasteiger partial charge is 0.387 e. The third kappa shape index (κ3) is 4.20. The number of nitrogens with zero attached hydrogens (tertiary/aromatic N) is 3. The maximum atomic E-state index is 12.7. The van der Waals surface area contributed by atoms with Gasteiger partial charge in [-0.2, -0.15) is 14.3 Å². The first-order chi connectivity index (χ1) is 15.5. The molecule has 0 amide bonds. The Kier molecular flexibility index (Phi) is 5.93. The van der Waals surface area contributed by atoms with Crippen LogP contribution in [0.15, 0.2) is 66.2 Å². The number of alkyl halides is 2. The number of hydrogen-bond acceptors (Lipinski definition) is 8. The average molecular weight is 440 g/mol. The number of aryl methyl sites for hydroxylation is 1. The highest BCUT2D eigenvalue weighted by atomic mass is 19.3. The van der Waals surface area contributed by atoms with E-state index in [-0.39, 0.29) is 24.9 Å². The van der Waals surface area contributed by atoms with E-state index in [1.54, 1.807) is 31.5 Å². The molecule has 1 aliphatic heterocycles. The Labute approximate surface area is 181 Å². The third-order valence-electron chi connectivity index (χ3n) is 5.01. The molecule has 1 unspecified atom stereocenters. The topological polar surface area (TPSA) is 94.9 Å². The number of amidine groups is 1. The van der Waals surface area contributed by atoms with Crippen LogP contribution in [0.4, 0.5) is 8.78 Å². The first-order valence-corrected chi connectivity index (χ1v) is 9.51. The van der Waals surface area contributed by atoms with E-state index in [2.05, 4.69) is 30.0 Å². The number of carbonyl (C=O) groups is 1. The second-order valence-corrected chi connectivity index (χ2v) is 6.95. The summed E-state index contributed by atoms with van der Waals surface area (Å²) in [7, 11) is 0. The van der Waals surface area contributed by atoms with Gasteiger partial charge in [0.05, 0.1) is 0 Å². The molecule has 2 heterocycles. The van der Waals surface area contributed by atoms with Gasteiger partial charge in [-0.3, -0.25) is 4.79 Å². The van der Waals surface area contributed by atoms with Crippen LogP contribution >= 0.6 is 0 Å². The summed E-state index contributed by atoms with van der Waals surface area (Å²) in [6.07, 6.45) is 4.83. The van der Waals surface area contributed by atoms with Gasteiger partial charge < -0.3 is 14.3 Å². The standard InChI is InChI=1S/C22H18F2N4O4/c1-14-7-18(5-6-19(14)32-20(23)24)22(11-30-21(27-22)28-31-13-29)17-4-2-3-15(8-17)16-9-25-12-26-10-16/h2-10,12-13,20H,11H2,1H3,(H,27,28). The van der Waals surface area contributed by atoms with Crippen molar-refractivity contribution in [1.29, 1.82) is 0 Å². The first-order valence-electron chi connectivity index (χ1n) is 9.51. The van der Waals surface area contributed by atoms with Gasteiger partial charge in [-0.05, 0) is 47.4 Å². The van der Waals surface area contributed by atoms with Crippen molar-refractivity contribution < 1.29 is 27.9 Å². The lowest BCUT2D eigenvalue weighted by molar-refractivity contribution is -0.132. The lowest BCUT2D eigenvalue weighted by Crippen LogP contribution is -2.27. The van der Waals surface area contributed by atoms with Gasteiger partial charge in [0.25, 0.3) is 0 Å². The third-order valence-corrected chi connectivity index (χ3v) is 5.01. The molecule has 2 aromatic carbocycles. The Morgan fingerprint density at radius 2 is 1.91 bits per heavy atom. The van der Waals surface area contributed by atoms with Crippen molar-refractivity contribution in [1.82, 2.24) is 15.4 Å². The Bertz CT molecular complexity index is 1140. The summed E-state index contributed by atoms with van der Waals surface area (Å²) in [5, 5.41) is 0. The lowest BCUT2D eigenvalue weighted by atomic mass is 9.82. The fraction of sp³-hybridized carbons (Fsp3) is 0.182. The average Bonchev–Trinajstić information content (AvgIpc) is 3.25. The van der Waals surface area contributed by atoms with E-state index in [9.17, 15) is 13.6 Å². The molecule has 0 aliphatic carbocycles. The van der Waals surface area contributed by atoms with E-state index < -0.39 is 12.2 Å². The molecule has 0 spiro atoms. The largest absolute Gasteiger partial charge is 0.460 e. The lowest BCUT2D eigenvalue weighted by Gasteiger charge is -2.26. The van der Waals surface area contributed by atoms with Crippen molar-refractivity contribution in [2.45, 2.75) is 19.1 Å². The van der Waals surface area contributed by atoms with Crippen LogP contribution in [-0.2, 0) is 19.9 Å². The van der Waals surface area contributed by atoms with Gasteiger partial charge in [-0.15, -0.1) is 0 Å². The van der Waals surface area contributed by atoms with Crippen molar-refractivity contribution in [2.24, 2.45) is 4.99 Å². The Morgan fingerprint density at radius 3 is 2.62 bits per heavy atom. The number of aliphatic imine (C=N–C) groups is 1. The Hall–Kier alpha value is -4.08. The van der Waals surface area contributed by atoms with Gasteiger partial charge in [-0.25, -0.2) is 15.0 Å². The second kappa shape index (κ2) is 8.96. The first kappa shape index (κ1) is 21.2. The van der Waals surface area contributed by atoms with Crippen LogP contribution in [0.2, 0.25) is 0 Å². The van der Waals surface area contributed by atoms with Crippen molar-refractivity contribution in [3.05, 3.63) is 77.9 Å². The highest BCUT2D eigenvalue weighted by Crippen LogP contribution is 2.40. The van der Waals surface area contributed by atoms with Gasteiger partial charge >= 0.3 is 19.1 Å². The van der Waals surface area contributed by atoms with Crippen LogP contribution in [0.3, 0.4) is 0 Å². The van der Waals surface area contributed by atoms with E-state index in [4.69, 9.17) is 4.74 Å². The number of benzene rings is 2. The summed E-state index contributed by atoms with van der Waals surface area (Å²) in [4.78, 5) is 27.9. The summed E-state index contributed by atoms with van der Waals surface area (Å²) in [5.41, 5.74) is 4.94. The van der Waals surface area contributed by atoms with Crippen LogP contribution in [-0.4, -0.2) is 35.7 Å². The highest BCUT2D eigenvalue weighted by molar-refractivity contribution is 5.77. The molecule has 0 saturated heterocycles. The SMILES string of the molecule is Cc1cc(C2(c3cccc(-c4cncnc4)c3)COC(NOC=O)=N2)ccc1OC(F)F. The van der Waals surface area contributed by atoms with Gasteiger partial charge in [0, 0.05) is 18.0 Å². The molecule has 0 saturated carbocycles. The monoisotopic (exact) mass is 440 g/mol. The Morgan fingerprint density at radius 1 is 1.12 bits per heavy atom. The fourth-order valence-corrected chi connectivity index (χ4v) is 3.54. The normalized spacial score (nSPS) is 17.4. The van der Waals surface area contributed by atoms with Crippen molar-refractivity contribution in [3.8, 4) is 16.9 Å². The summed E-state index contributed by atoms with van der Waals surface area (Å²) in [5.74, 6) is 0.0691. The van der Waals surface area contributed by atoms with E-state index in [1.807, 2.05) is 24.3 Å². The van der Waals surface area contributed by atoms with Crippen LogP contribution in [0, 0.1) is 6.92 Å². The maximum absolute atomic E-state index is 12.7. The van der Waals surface area contributed by atoms with Gasteiger partial charge in [0.1, 0.15) is 18.7 Å². The molecule has 1 aromatic heterocycles. The summed E-state index contributed by atoms with van der Waals surface area (Å²) in [6.45, 7) is -0.966. The molecule has 10 heteroatoms. The number of nitrogens with one attached hydrogen (secondary N) is 1. The van der Waals surface area contributed by atoms with E-state index in [0.717, 1.165) is 16.7 Å². The molecule has 164 valence electrons. The minimum Gasteiger partial charge on any atom is -0.460 e. The van der Waals surface area contributed by atoms with Crippen LogP contribution in [0.25, 0.3) is 11.1 Å². The molecule has 0 bridgehead atoms. The zero-order valence-corrected chi connectivity index (χ0v) is 16.9. The van der Waals surface area contributed by atoms with E-state index >= 15 is 0 Å². The molecular weight excluding hydrogens is 422 g/mol. The molecule has 1 atom stereocenters. The van der Waals surface area contributed by atoms with Gasteiger partial charge in [-0.1, -0.05) is 24.3 Å². The van der Waals surface area contributed by atoms with E-state index in [1.165, 1.54) is 12.4 Å². The zero-order valence-electron chi connectivity index (χ0n) is 16.9. The van der Waals surface area contributed by atoms with Crippen molar-refractivity contribution in [2.75, 3.05) is 6.61 Å². The van der Waals surface area contributed by atoms with Gasteiger partial charge in [0.15, 0.2) is 5.54 Å². The Balaban J connectivity index is 1.81. The van der Waals surface area contributed by atoms with Gasteiger partial charge in [0.2, 0.25) is 0 Å². The molecule has 0 fully saturated rings.